The van der Waals surface area contributed by atoms with Gasteiger partial charge < -0.3 is 11.1 Å². The van der Waals surface area contributed by atoms with E-state index in [1.165, 1.54) is 23.6 Å². The number of hydrogen-bond donors (Lipinski definition) is 3. The molecule has 0 bridgehead atoms. The average Bonchev–Trinajstić information content (AvgIpc) is 3.83. The molecule has 2 aliphatic rings. The van der Waals surface area contributed by atoms with E-state index >= 15 is 8.78 Å². The lowest BCUT2D eigenvalue weighted by Gasteiger charge is -2.34. The van der Waals surface area contributed by atoms with Crippen LogP contribution in [0.15, 0.2) is 54.9 Å². The molecule has 0 aliphatic heterocycles. The average molecular weight is 773 g/mol. The largest absolute Gasteiger partial charge is 0.435 e. The smallest absolute Gasteiger partial charge is 0.366 e. The number of nitrogens with one attached hydrogen (secondary N) is 2. The number of alkyl halides is 5. The molecule has 4 N–H and O–H groups in total. The molecule has 2 aliphatic carbocycles. The maximum absolute atomic E-state index is 15.5. The van der Waals surface area contributed by atoms with Gasteiger partial charge in [-0.05, 0) is 66.6 Å². The van der Waals surface area contributed by atoms with Crippen molar-refractivity contribution in [2.24, 2.45) is 11.7 Å². The Labute approximate surface area is 302 Å². The third-order valence-electron chi connectivity index (χ3n) is 9.71. The fraction of sp³-hybridized carbons (Fsp3) is 0.257. The van der Waals surface area contributed by atoms with Crippen LogP contribution in [0.1, 0.15) is 63.4 Å². The monoisotopic (exact) mass is 772 g/mol. The maximum Gasteiger partial charge on any atom is 0.435 e. The van der Waals surface area contributed by atoms with Crippen LogP contribution in [0.5, 0.6) is 0 Å². The van der Waals surface area contributed by atoms with Crippen molar-refractivity contribution in [1.82, 2.24) is 35.3 Å². The second-order valence-electron chi connectivity index (χ2n) is 13.1. The number of nitrogens with zero attached hydrogens (tertiary/aromatic N) is 5. The Morgan fingerprint density at radius 1 is 1.04 bits per heavy atom. The van der Waals surface area contributed by atoms with E-state index in [2.05, 4.69) is 25.6 Å². The van der Waals surface area contributed by atoms with Gasteiger partial charge in [-0.3, -0.25) is 19.4 Å². The van der Waals surface area contributed by atoms with E-state index in [9.17, 15) is 35.9 Å². The number of carbonyl (C=O) groups is 2. The first-order valence-corrected chi connectivity index (χ1v) is 17.1. The second kappa shape index (κ2) is 12.7. The summed E-state index contributed by atoms with van der Waals surface area (Å²) in [5, 5.41) is 13.1. The molecule has 0 unspecified atom stereocenters. The van der Waals surface area contributed by atoms with Crippen LogP contribution in [0.25, 0.3) is 32.0 Å². The molecule has 19 heteroatoms. The first-order valence-electron chi connectivity index (χ1n) is 16.3. The normalized spacial score (nSPS) is 17.9. The highest BCUT2D eigenvalue weighted by atomic mass is 32.1. The summed E-state index contributed by atoms with van der Waals surface area (Å²) in [6, 6.07) is 6.21. The molecule has 6 aromatic rings. The molecule has 3 atom stereocenters. The minimum absolute atomic E-state index is 0.00118. The molecule has 0 saturated heterocycles. The number of aromatic amines is 1. The first kappa shape index (κ1) is 35.3. The summed E-state index contributed by atoms with van der Waals surface area (Å²) in [6.45, 7) is -1.08. The molecule has 4 heterocycles. The molecule has 2 amide bonds. The molecule has 1 saturated carbocycles. The number of halogens is 8. The van der Waals surface area contributed by atoms with Gasteiger partial charge in [0.15, 0.2) is 11.3 Å². The Hall–Kier alpha value is -5.72. The number of thiazole rings is 1. The lowest BCUT2D eigenvalue weighted by atomic mass is 9.73. The summed E-state index contributed by atoms with van der Waals surface area (Å²) in [5.74, 6) is -11.2. The predicted octanol–water partition coefficient (Wildman–Crippen LogP) is 7.18. The molecule has 2 aromatic carbocycles. The molecule has 0 radical (unpaired) electrons. The first-order chi connectivity index (χ1) is 25.6. The van der Waals surface area contributed by atoms with Gasteiger partial charge in [-0.1, -0.05) is 6.07 Å². The number of carbonyl (C=O) groups excluding carboxylic acids is 2. The number of H-pyrrole nitrogens is 1. The Bertz CT molecular complexity index is 2460. The second-order valence-corrected chi connectivity index (χ2v) is 14.1. The van der Waals surface area contributed by atoms with E-state index < -0.39 is 88.3 Å². The quantitative estimate of drug-likeness (QED) is 0.133. The van der Waals surface area contributed by atoms with Crippen molar-refractivity contribution in [3.05, 3.63) is 106 Å². The number of hydrogen-bond acceptors (Lipinski definition) is 7. The molecule has 4 aromatic heterocycles. The van der Waals surface area contributed by atoms with Crippen molar-refractivity contribution >= 4 is 33.5 Å². The lowest BCUT2D eigenvalue weighted by molar-refractivity contribution is -0.144. The maximum atomic E-state index is 15.5. The highest BCUT2D eigenvalue weighted by Crippen LogP contribution is 2.64. The standard InChI is InChI=1S/C35H24F8N8O2S/c36-17-5-14(6-18(37)9-17)7-24(47-26(52)13-51-30-27(29(50-51)35(41,42)43)19-2-3-22(19)34(30,39)40)28-20(15-1-4-23(38)21(8-15)31(44)53)10-25-32(48-28)49-33(54-25)16-11-45-46-12-16/h1,4-6,8-12,19,22,24H,2-3,7,13H2,(H2,44,53)(H,45,46)(H,47,52)/t19-,22+,24-/m0/s1. The minimum atomic E-state index is -5.08. The molecule has 1 fully saturated rings. The number of nitrogens with two attached hydrogens (primary N) is 1. The number of amides is 2. The number of aromatic nitrogens is 6. The van der Waals surface area contributed by atoms with Gasteiger partial charge in [0.25, 0.3) is 11.8 Å². The molecule has 8 rings (SSSR count). The van der Waals surface area contributed by atoms with Crippen LogP contribution in [0, 0.1) is 23.4 Å². The van der Waals surface area contributed by atoms with Crippen LogP contribution in [0.3, 0.4) is 0 Å². The van der Waals surface area contributed by atoms with Crippen molar-refractivity contribution in [2.45, 2.75) is 49.9 Å². The molecule has 54 heavy (non-hydrogen) atoms. The van der Waals surface area contributed by atoms with E-state index in [-0.39, 0.29) is 47.3 Å². The number of fused-ring (bicyclic) bond motifs is 4. The zero-order valence-corrected chi connectivity index (χ0v) is 28.1. The van der Waals surface area contributed by atoms with Crippen LogP contribution in [0.2, 0.25) is 0 Å². The topological polar surface area (TPSA) is 144 Å². The summed E-state index contributed by atoms with van der Waals surface area (Å²) < 4.78 is 118. The molecule has 0 spiro atoms. The molecule has 278 valence electrons. The Morgan fingerprint density at radius 3 is 2.44 bits per heavy atom. The van der Waals surface area contributed by atoms with E-state index in [0.29, 0.717) is 26.0 Å². The third kappa shape index (κ3) is 6.05. The Kier molecular flexibility index (Phi) is 8.31. The summed E-state index contributed by atoms with van der Waals surface area (Å²) in [7, 11) is 0. The van der Waals surface area contributed by atoms with Crippen molar-refractivity contribution in [3.8, 4) is 21.7 Å². The van der Waals surface area contributed by atoms with Gasteiger partial charge in [0.2, 0.25) is 5.91 Å². The van der Waals surface area contributed by atoms with E-state index in [1.807, 2.05) is 0 Å². The van der Waals surface area contributed by atoms with Gasteiger partial charge in [-0.15, -0.1) is 11.3 Å². The lowest BCUT2D eigenvalue weighted by Crippen LogP contribution is -2.36. The van der Waals surface area contributed by atoms with Gasteiger partial charge in [0.05, 0.1) is 28.2 Å². The highest BCUT2D eigenvalue weighted by Gasteiger charge is 2.63. The summed E-state index contributed by atoms with van der Waals surface area (Å²) in [4.78, 5) is 35.2. The molecular formula is C35H24F8N8O2S. The van der Waals surface area contributed by atoms with Crippen molar-refractivity contribution in [3.63, 3.8) is 0 Å². The van der Waals surface area contributed by atoms with Gasteiger partial charge in [-0.25, -0.2) is 23.1 Å². The molecule has 10 nitrogen and oxygen atoms in total. The number of benzene rings is 2. The zero-order chi connectivity index (χ0) is 38.3. The van der Waals surface area contributed by atoms with Crippen LogP contribution in [0.4, 0.5) is 35.1 Å². The van der Waals surface area contributed by atoms with Gasteiger partial charge >= 0.3 is 6.18 Å². The van der Waals surface area contributed by atoms with Crippen molar-refractivity contribution < 1.29 is 44.7 Å². The summed E-state index contributed by atoms with van der Waals surface area (Å²) in [5.41, 5.74) is 2.87. The molecular weight excluding hydrogens is 748 g/mol. The highest BCUT2D eigenvalue weighted by molar-refractivity contribution is 7.21. The third-order valence-corrected chi connectivity index (χ3v) is 10.7. The zero-order valence-electron chi connectivity index (χ0n) is 27.3. The van der Waals surface area contributed by atoms with Crippen molar-refractivity contribution in [2.75, 3.05) is 0 Å². The predicted molar refractivity (Wildman–Crippen MR) is 176 cm³/mol. The minimum Gasteiger partial charge on any atom is -0.366 e. The number of pyridine rings is 1. The van der Waals surface area contributed by atoms with Gasteiger partial charge in [0.1, 0.15) is 34.7 Å². The fourth-order valence-corrected chi connectivity index (χ4v) is 8.19. The Morgan fingerprint density at radius 2 is 1.80 bits per heavy atom. The summed E-state index contributed by atoms with van der Waals surface area (Å²) in [6.07, 6.45) is -2.28. The van der Waals surface area contributed by atoms with Crippen LogP contribution in [-0.4, -0.2) is 41.8 Å². The SMILES string of the molecule is NC(=O)c1cc(-c2cc3sc(-c4cn[nH]c4)nc3nc2[C@H](Cc2cc(F)cc(F)c2)NC(=O)Cn2nc(C(F)(F)F)c3c2C(F)(F)[C@@H]2CC[C@H]32)ccc1F. The van der Waals surface area contributed by atoms with Gasteiger partial charge in [-0.2, -0.15) is 32.1 Å². The van der Waals surface area contributed by atoms with Crippen LogP contribution in [-0.2, 0) is 29.9 Å². The Balaban J connectivity index is 1.26. The summed E-state index contributed by atoms with van der Waals surface area (Å²) >= 11 is 1.18. The van der Waals surface area contributed by atoms with E-state index in [1.54, 1.807) is 12.3 Å². The number of rotatable bonds is 9. The fourth-order valence-electron chi connectivity index (χ4n) is 7.26. The van der Waals surface area contributed by atoms with E-state index in [0.717, 1.165) is 24.3 Å². The van der Waals surface area contributed by atoms with Crippen LogP contribution < -0.4 is 11.1 Å². The van der Waals surface area contributed by atoms with Gasteiger partial charge in [0, 0.05) is 34.9 Å². The van der Waals surface area contributed by atoms with Crippen LogP contribution >= 0.6 is 11.3 Å². The van der Waals surface area contributed by atoms with Crippen molar-refractivity contribution in [1.29, 1.82) is 0 Å². The number of primary amides is 1. The van der Waals surface area contributed by atoms with E-state index in [4.69, 9.17) is 10.7 Å².